The standard InChI is InChI=1S/C13H18FN.CH4O/c1-9(2)12-6-7-13(15-12)10-4-3-5-11(14)8-10;1-2/h3-5,8-9,12-13,15H,6-7H2,1-2H3;2H,1H3. The van der Waals surface area contributed by atoms with Crippen LogP contribution in [0.5, 0.6) is 0 Å². The summed E-state index contributed by atoms with van der Waals surface area (Å²) in [5.74, 6) is 0.519. The topological polar surface area (TPSA) is 32.3 Å². The Morgan fingerprint density at radius 2 is 2.00 bits per heavy atom. The molecule has 0 bridgehead atoms. The number of nitrogens with one attached hydrogen (secondary N) is 1. The van der Waals surface area contributed by atoms with Crippen molar-refractivity contribution in [2.24, 2.45) is 5.92 Å². The number of hydrogen-bond acceptors (Lipinski definition) is 2. The summed E-state index contributed by atoms with van der Waals surface area (Å²) in [7, 11) is 1.00. The summed E-state index contributed by atoms with van der Waals surface area (Å²) in [5.41, 5.74) is 1.08. The molecule has 1 aliphatic heterocycles. The molecule has 2 unspecified atom stereocenters. The number of halogens is 1. The lowest BCUT2D eigenvalue weighted by Gasteiger charge is -2.17. The Morgan fingerprint density at radius 1 is 1.29 bits per heavy atom. The van der Waals surface area contributed by atoms with E-state index in [2.05, 4.69) is 19.2 Å². The van der Waals surface area contributed by atoms with Crippen molar-refractivity contribution in [2.75, 3.05) is 7.11 Å². The molecule has 2 atom stereocenters. The van der Waals surface area contributed by atoms with E-state index in [1.807, 2.05) is 6.07 Å². The van der Waals surface area contributed by atoms with E-state index < -0.39 is 0 Å². The summed E-state index contributed by atoms with van der Waals surface area (Å²) >= 11 is 0. The van der Waals surface area contributed by atoms with Crippen LogP contribution in [0.4, 0.5) is 4.39 Å². The molecule has 0 spiro atoms. The summed E-state index contributed by atoms with van der Waals surface area (Å²) in [6, 6.07) is 7.85. The Kier molecular flexibility index (Phi) is 5.59. The SMILES string of the molecule is CC(C)C1CCC(c2cccc(F)c2)N1.CO. The molecule has 1 fully saturated rings. The molecule has 2 rings (SSSR count). The highest BCUT2D eigenvalue weighted by atomic mass is 19.1. The lowest BCUT2D eigenvalue weighted by molar-refractivity contribution is 0.399. The van der Waals surface area contributed by atoms with Crippen LogP contribution in [0.25, 0.3) is 0 Å². The van der Waals surface area contributed by atoms with Gasteiger partial charge >= 0.3 is 0 Å². The number of hydrogen-bond donors (Lipinski definition) is 2. The monoisotopic (exact) mass is 239 g/mol. The maximum Gasteiger partial charge on any atom is 0.123 e. The summed E-state index contributed by atoms with van der Waals surface area (Å²) in [5, 5.41) is 10.6. The van der Waals surface area contributed by atoms with E-state index in [0.29, 0.717) is 18.0 Å². The molecule has 1 aliphatic rings. The molecular weight excluding hydrogens is 217 g/mol. The molecule has 1 aromatic carbocycles. The minimum atomic E-state index is -0.137. The lowest BCUT2D eigenvalue weighted by Crippen LogP contribution is -2.28. The van der Waals surface area contributed by atoms with Crippen LogP contribution < -0.4 is 5.32 Å². The van der Waals surface area contributed by atoms with Crippen molar-refractivity contribution in [3.63, 3.8) is 0 Å². The van der Waals surface area contributed by atoms with Gasteiger partial charge in [0.15, 0.2) is 0 Å². The van der Waals surface area contributed by atoms with Crippen molar-refractivity contribution in [2.45, 2.75) is 38.8 Å². The van der Waals surface area contributed by atoms with Crippen LogP contribution in [0.15, 0.2) is 24.3 Å². The van der Waals surface area contributed by atoms with Crippen LogP contribution >= 0.6 is 0 Å². The van der Waals surface area contributed by atoms with Crippen molar-refractivity contribution in [3.05, 3.63) is 35.6 Å². The number of aliphatic hydroxyl groups excluding tert-OH is 1. The second-order valence-corrected chi connectivity index (χ2v) is 4.70. The number of rotatable bonds is 2. The highest BCUT2D eigenvalue weighted by Crippen LogP contribution is 2.29. The van der Waals surface area contributed by atoms with E-state index >= 15 is 0 Å². The van der Waals surface area contributed by atoms with Gasteiger partial charge in [-0.05, 0) is 36.5 Å². The maximum absolute atomic E-state index is 13.0. The summed E-state index contributed by atoms with van der Waals surface area (Å²) in [4.78, 5) is 0. The third-order valence-corrected chi connectivity index (χ3v) is 3.24. The fourth-order valence-corrected chi connectivity index (χ4v) is 2.28. The number of aliphatic hydroxyl groups is 1. The summed E-state index contributed by atoms with van der Waals surface area (Å²) < 4.78 is 13.0. The molecule has 2 nitrogen and oxygen atoms in total. The van der Waals surface area contributed by atoms with Gasteiger partial charge in [0.25, 0.3) is 0 Å². The molecule has 1 saturated heterocycles. The van der Waals surface area contributed by atoms with Gasteiger partial charge in [-0.1, -0.05) is 26.0 Å². The van der Waals surface area contributed by atoms with Crippen LogP contribution in [0, 0.1) is 11.7 Å². The van der Waals surface area contributed by atoms with Gasteiger partial charge in [0.1, 0.15) is 5.82 Å². The Balaban J connectivity index is 0.000000686. The van der Waals surface area contributed by atoms with Crippen molar-refractivity contribution in [1.82, 2.24) is 5.32 Å². The summed E-state index contributed by atoms with van der Waals surface area (Å²) in [6.45, 7) is 4.46. The average Bonchev–Trinajstić information content (AvgIpc) is 2.81. The molecule has 17 heavy (non-hydrogen) atoms. The van der Waals surface area contributed by atoms with E-state index in [1.54, 1.807) is 12.1 Å². The van der Waals surface area contributed by atoms with E-state index in [4.69, 9.17) is 5.11 Å². The predicted octanol–water partition coefficient (Wildman–Crippen LogP) is 2.88. The maximum atomic E-state index is 13.0. The van der Waals surface area contributed by atoms with Gasteiger partial charge in [-0.25, -0.2) is 4.39 Å². The molecule has 0 saturated carbocycles. The number of benzene rings is 1. The Hall–Kier alpha value is -0.930. The van der Waals surface area contributed by atoms with Crippen molar-refractivity contribution in [3.8, 4) is 0 Å². The van der Waals surface area contributed by atoms with Crippen LogP contribution in [-0.2, 0) is 0 Å². The van der Waals surface area contributed by atoms with E-state index in [9.17, 15) is 4.39 Å². The molecule has 0 aromatic heterocycles. The molecule has 0 aliphatic carbocycles. The Labute approximate surface area is 103 Å². The average molecular weight is 239 g/mol. The quantitative estimate of drug-likeness (QED) is 0.831. The van der Waals surface area contributed by atoms with Gasteiger partial charge in [-0.3, -0.25) is 0 Å². The normalized spacial score (nSPS) is 23.4. The largest absolute Gasteiger partial charge is 0.400 e. The van der Waals surface area contributed by atoms with Gasteiger partial charge in [0.05, 0.1) is 0 Å². The first-order valence-electron chi connectivity index (χ1n) is 6.13. The zero-order valence-corrected chi connectivity index (χ0v) is 10.8. The molecule has 96 valence electrons. The highest BCUT2D eigenvalue weighted by Gasteiger charge is 2.26. The lowest BCUT2D eigenvalue weighted by atomic mass is 10.0. The van der Waals surface area contributed by atoms with Gasteiger partial charge in [0, 0.05) is 19.2 Å². The fraction of sp³-hybridized carbons (Fsp3) is 0.571. The zero-order chi connectivity index (χ0) is 12.8. The Bertz CT molecular complexity index is 341. The molecule has 1 aromatic rings. The molecule has 1 heterocycles. The van der Waals surface area contributed by atoms with Crippen molar-refractivity contribution >= 4 is 0 Å². The molecule has 0 radical (unpaired) electrons. The first-order valence-corrected chi connectivity index (χ1v) is 6.13. The van der Waals surface area contributed by atoms with Gasteiger partial charge in [-0.2, -0.15) is 0 Å². The van der Waals surface area contributed by atoms with Gasteiger partial charge in [0.2, 0.25) is 0 Å². The first-order chi connectivity index (χ1) is 8.16. The van der Waals surface area contributed by atoms with Gasteiger partial charge in [-0.15, -0.1) is 0 Å². The fourth-order valence-electron chi connectivity index (χ4n) is 2.28. The first kappa shape index (κ1) is 14.1. The van der Waals surface area contributed by atoms with E-state index in [-0.39, 0.29) is 5.82 Å². The van der Waals surface area contributed by atoms with E-state index in [0.717, 1.165) is 19.1 Å². The smallest absolute Gasteiger partial charge is 0.123 e. The Morgan fingerprint density at radius 3 is 2.53 bits per heavy atom. The van der Waals surface area contributed by atoms with Crippen LogP contribution in [0.3, 0.4) is 0 Å². The third kappa shape index (κ3) is 3.79. The van der Waals surface area contributed by atoms with E-state index in [1.165, 1.54) is 12.5 Å². The predicted molar refractivity (Wildman–Crippen MR) is 68.3 cm³/mol. The second-order valence-electron chi connectivity index (χ2n) is 4.70. The third-order valence-electron chi connectivity index (χ3n) is 3.24. The molecule has 2 N–H and O–H groups in total. The molecular formula is C14H22FNO. The summed E-state index contributed by atoms with van der Waals surface area (Å²) in [6.07, 6.45) is 2.31. The van der Waals surface area contributed by atoms with Crippen LogP contribution in [-0.4, -0.2) is 18.3 Å². The van der Waals surface area contributed by atoms with Gasteiger partial charge < -0.3 is 10.4 Å². The highest BCUT2D eigenvalue weighted by molar-refractivity contribution is 5.21. The van der Waals surface area contributed by atoms with Crippen LogP contribution in [0.2, 0.25) is 0 Å². The zero-order valence-electron chi connectivity index (χ0n) is 10.8. The molecule has 3 heteroatoms. The minimum Gasteiger partial charge on any atom is -0.400 e. The minimum absolute atomic E-state index is 0.137. The van der Waals surface area contributed by atoms with Crippen molar-refractivity contribution in [1.29, 1.82) is 0 Å². The molecule has 0 amide bonds. The van der Waals surface area contributed by atoms with Crippen LogP contribution in [0.1, 0.15) is 38.3 Å². The second kappa shape index (κ2) is 6.72. The van der Waals surface area contributed by atoms with Crippen molar-refractivity contribution < 1.29 is 9.50 Å².